The zero-order chi connectivity index (χ0) is 12.5. The topological polar surface area (TPSA) is 125 Å². The molecule has 16 heavy (non-hydrogen) atoms. The fourth-order valence-corrected chi connectivity index (χ4v) is 3.08. The van der Waals surface area contributed by atoms with Gasteiger partial charge in [0, 0.05) is 5.69 Å². The molecule has 0 bridgehead atoms. The molecule has 0 unspecified atom stereocenters. The number of sulfonamides is 1. The van der Waals surface area contributed by atoms with E-state index in [4.69, 9.17) is 40.4 Å². The van der Waals surface area contributed by atoms with Crippen molar-refractivity contribution in [1.82, 2.24) is 0 Å². The molecule has 0 aliphatic heterocycles. The van der Waals surface area contributed by atoms with Gasteiger partial charge < -0.3 is 17.2 Å². The Balaban J connectivity index is 3.52. The molecule has 0 heterocycles. The van der Waals surface area contributed by atoms with Crippen molar-refractivity contribution in [3.8, 4) is 0 Å². The minimum atomic E-state index is -4.12. The Bertz CT molecular complexity index is 529. The Morgan fingerprint density at radius 3 is 2.00 bits per heavy atom. The molecule has 0 aliphatic carbocycles. The first-order chi connectivity index (χ1) is 7.24. The lowest BCUT2D eigenvalue weighted by Gasteiger charge is -2.05. The number of hydrogen-bond donors (Lipinski definition) is 3. The van der Waals surface area contributed by atoms with Gasteiger partial charge >= 0.3 is 0 Å². The first kappa shape index (κ1) is 12.9. The number of benzene rings is 1. The summed E-state index contributed by atoms with van der Waals surface area (Å²) >= 11 is 11.4. The maximum atomic E-state index is 11.6. The fraction of sp³-hybridized carbons (Fsp3) is 0. The van der Waals surface area contributed by atoms with Gasteiger partial charge in [0.2, 0.25) is 5.96 Å². The molecule has 1 aromatic carbocycles. The zero-order valence-corrected chi connectivity index (χ0v) is 10.1. The summed E-state index contributed by atoms with van der Waals surface area (Å²) in [6.45, 7) is 0. The van der Waals surface area contributed by atoms with Crippen molar-refractivity contribution in [3.05, 3.63) is 22.2 Å². The second kappa shape index (κ2) is 4.36. The van der Waals surface area contributed by atoms with Crippen molar-refractivity contribution in [2.45, 2.75) is 4.90 Å². The van der Waals surface area contributed by atoms with E-state index >= 15 is 0 Å². The van der Waals surface area contributed by atoms with Crippen LogP contribution >= 0.6 is 23.2 Å². The molecule has 0 saturated carbocycles. The van der Waals surface area contributed by atoms with Crippen molar-refractivity contribution >= 4 is 44.9 Å². The average molecular weight is 283 g/mol. The largest absolute Gasteiger partial charge is 0.399 e. The minimum Gasteiger partial charge on any atom is -0.399 e. The maximum Gasteiger partial charge on any atom is 0.288 e. The first-order valence-electron chi connectivity index (χ1n) is 3.84. The van der Waals surface area contributed by atoms with Gasteiger partial charge in [-0.3, -0.25) is 0 Å². The summed E-state index contributed by atoms with van der Waals surface area (Å²) in [4.78, 5) is -0.376. The minimum absolute atomic E-state index is 0.144. The van der Waals surface area contributed by atoms with Crippen molar-refractivity contribution in [2.24, 2.45) is 15.9 Å². The Labute approximate surface area is 102 Å². The van der Waals surface area contributed by atoms with E-state index in [1.807, 2.05) is 0 Å². The number of rotatable bonds is 2. The maximum absolute atomic E-state index is 11.6. The Hall–Kier alpha value is -1.18. The van der Waals surface area contributed by atoms with Crippen LogP contribution in [-0.4, -0.2) is 14.4 Å². The Morgan fingerprint density at radius 2 is 1.62 bits per heavy atom. The van der Waals surface area contributed by atoms with E-state index in [0.29, 0.717) is 0 Å². The third-order valence-electron chi connectivity index (χ3n) is 1.50. The van der Waals surface area contributed by atoms with Crippen LogP contribution in [0.15, 0.2) is 21.4 Å². The number of nitrogen functional groups attached to an aromatic ring is 1. The van der Waals surface area contributed by atoms with Gasteiger partial charge in [0.25, 0.3) is 10.0 Å². The van der Waals surface area contributed by atoms with Gasteiger partial charge in [-0.1, -0.05) is 23.2 Å². The van der Waals surface area contributed by atoms with Crippen LogP contribution < -0.4 is 17.2 Å². The molecule has 0 fully saturated rings. The van der Waals surface area contributed by atoms with Crippen LogP contribution in [0, 0.1) is 0 Å². The van der Waals surface area contributed by atoms with E-state index in [1.54, 1.807) is 0 Å². The summed E-state index contributed by atoms with van der Waals surface area (Å²) in [7, 11) is -4.12. The summed E-state index contributed by atoms with van der Waals surface area (Å²) in [6, 6.07) is 2.48. The molecule has 0 aromatic heterocycles. The molecule has 0 aliphatic rings. The zero-order valence-electron chi connectivity index (χ0n) is 7.81. The molecule has 9 heteroatoms. The van der Waals surface area contributed by atoms with Gasteiger partial charge in [-0.05, 0) is 12.1 Å². The van der Waals surface area contributed by atoms with E-state index in [0.717, 1.165) is 0 Å². The van der Waals surface area contributed by atoms with E-state index in [-0.39, 0.29) is 20.6 Å². The summed E-state index contributed by atoms with van der Waals surface area (Å²) in [6.07, 6.45) is 0. The molecule has 0 radical (unpaired) electrons. The van der Waals surface area contributed by atoms with Crippen LogP contribution in [0.1, 0.15) is 0 Å². The molecule has 6 N–H and O–H groups in total. The van der Waals surface area contributed by atoms with Crippen LogP contribution in [0.3, 0.4) is 0 Å². The molecule has 1 rings (SSSR count). The van der Waals surface area contributed by atoms with E-state index in [9.17, 15) is 8.42 Å². The van der Waals surface area contributed by atoms with Gasteiger partial charge in [-0.25, -0.2) is 0 Å². The third-order valence-corrected chi connectivity index (χ3v) is 3.73. The Kier molecular flexibility index (Phi) is 3.51. The Morgan fingerprint density at radius 1 is 1.19 bits per heavy atom. The highest BCUT2D eigenvalue weighted by molar-refractivity contribution is 7.90. The molecule has 1 aromatic rings. The van der Waals surface area contributed by atoms with Gasteiger partial charge in [-0.15, -0.1) is 4.40 Å². The van der Waals surface area contributed by atoms with Crippen LogP contribution in [0.2, 0.25) is 10.0 Å². The quantitative estimate of drug-likeness (QED) is 0.415. The van der Waals surface area contributed by atoms with Crippen LogP contribution in [0.4, 0.5) is 5.69 Å². The number of nitrogens with zero attached hydrogens (tertiary/aromatic N) is 1. The third kappa shape index (κ3) is 2.69. The van der Waals surface area contributed by atoms with Gasteiger partial charge in [0.1, 0.15) is 4.90 Å². The SMILES string of the molecule is NC(N)=NS(=O)(=O)c1c(Cl)cc(N)cc1Cl. The van der Waals surface area contributed by atoms with E-state index in [2.05, 4.69) is 4.40 Å². The summed E-state index contributed by atoms with van der Waals surface area (Å²) in [5.74, 6) is -0.607. The highest BCUT2D eigenvalue weighted by Gasteiger charge is 2.21. The summed E-state index contributed by atoms with van der Waals surface area (Å²) in [5.41, 5.74) is 15.6. The average Bonchev–Trinajstić information content (AvgIpc) is 1.96. The lowest BCUT2D eigenvalue weighted by atomic mass is 10.3. The standard InChI is InChI=1S/C7H8Cl2N4O2S/c8-4-1-3(10)2-5(9)6(4)16(14,15)13-7(11)12/h1-2H,10H2,(H4,11,12,13). The van der Waals surface area contributed by atoms with Crippen LogP contribution in [0.5, 0.6) is 0 Å². The first-order valence-corrected chi connectivity index (χ1v) is 6.04. The number of anilines is 1. The summed E-state index contributed by atoms with van der Waals surface area (Å²) < 4.78 is 26.3. The van der Waals surface area contributed by atoms with Crippen LogP contribution in [-0.2, 0) is 10.0 Å². The van der Waals surface area contributed by atoms with Gasteiger partial charge in [0.15, 0.2) is 0 Å². The fourth-order valence-electron chi connectivity index (χ4n) is 1.01. The lowest BCUT2D eigenvalue weighted by molar-refractivity contribution is 0.598. The second-order valence-electron chi connectivity index (χ2n) is 2.80. The highest BCUT2D eigenvalue weighted by Crippen LogP contribution is 2.32. The number of guanidine groups is 1. The molecule has 0 amide bonds. The lowest BCUT2D eigenvalue weighted by Crippen LogP contribution is -2.24. The monoisotopic (exact) mass is 282 g/mol. The van der Waals surface area contributed by atoms with Crippen molar-refractivity contribution in [2.75, 3.05) is 5.73 Å². The molecular formula is C7H8Cl2N4O2S. The number of halogens is 2. The molecular weight excluding hydrogens is 275 g/mol. The van der Waals surface area contributed by atoms with E-state index in [1.165, 1.54) is 12.1 Å². The second-order valence-corrected chi connectivity index (χ2v) is 5.16. The van der Waals surface area contributed by atoms with E-state index < -0.39 is 16.0 Å². The predicted molar refractivity (Wildman–Crippen MR) is 63.9 cm³/mol. The molecule has 0 atom stereocenters. The predicted octanol–water partition coefficient (Wildman–Crippen LogP) is 0.538. The molecule has 88 valence electrons. The van der Waals surface area contributed by atoms with Gasteiger partial charge in [0.05, 0.1) is 10.0 Å². The number of hydrogen-bond acceptors (Lipinski definition) is 3. The summed E-state index contributed by atoms with van der Waals surface area (Å²) in [5, 5.41) is -0.287. The number of nitrogens with two attached hydrogens (primary N) is 3. The van der Waals surface area contributed by atoms with Crippen molar-refractivity contribution < 1.29 is 8.42 Å². The molecule has 6 nitrogen and oxygen atoms in total. The smallest absolute Gasteiger partial charge is 0.288 e. The normalized spacial score (nSPS) is 11.1. The van der Waals surface area contributed by atoms with Crippen LogP contribution in [0.25, 0.3) is 0 Å². The van der Waals surface area contributed by atoms with Crippen molar-refractivity contribution in [1.29, 1.82) is 0 Å². The molecule has 0 spiro atoms. The van der Waals surface area contributed by atoms with Gasteiger partial charge in [-0.2, -0.15) is 8.42 Å². The highest BCUT2D eigenvalue weighted by atomic mass is 35.5. The molecule has 0 saturated heterocycles. The van der Waals surface area contributed by atoms with Crippen molar-refractivity contribution in [3.63, 3.8) is 0 Å².